The summed E-state index contributed by atoms with van der Waals surface area (Å²) in [6, 6.07) is 8.77. The first kappa shape index (κ1) is 21.0. The van der Waals surface area contributed by atoms with Crippen LogP contribution in [-0.4, -0.2) is 37.5 Å². The molecule has 1 saturated heterocycles. The Morgan fingerprint density at radius 3 is 2.42 bits per heavy atom. The Balaban J connectivity index is 0.00000288. The van der Waals surface area contributed by atoms with Crippen molar-refractivity contribution in [3.8, 4) is 0 Å². The van der Waals surface area contributed by atoms with Gasteiger partial charge in [-0.15, -0.1) is 12.4 Å². The monoisotopic (exact) mass is 352 g/mol. The highest BCUT2D eigenvalue weighted by Gasteiger charge is 2.24. The first-order chi connectivity index (χ1) is 11.0. The van der Waals surface area contributed by atoms with Crippen molar-refractivity contribution >= 4 is 18.3 Å². The second-order valence-electron chi connectivity index (χ2n) is 7.33. The van der Waals surface area contributed by atoms with Gasteiger partial charge in [0.25, 0.3) is 0 Å². The number of carbonyl (C=O) groups is 1. The van der Waals surface area contributed by atoms with E-state index in [1.54, 1.807) is 0 Å². The number of piperidine rings is 1. The summed E-state index contributed by atoms with van der Waals surface area (Å²) in [5.74, 6) is 1.76. The second kappa shape index (κ2) is 10.0. The number of amides is 1. The Morgan fingerprint density at radius 1 is 1.21 bits per heavy atom. The zero-order chi connectivity index (χ0) is 16.8. The fourth-order valence-electron chi connectivity index (χ4n) is 3.47. The zero-order valence-corrected chi connectivity index (χ0v) is 16.4. The van der Waals surface area contributed by atoms with E-state index in [4.69, 9.17) is 0 Å². The zero-order valence-electron chi connectivity index (χ0n) is 15.5. The molecule has 1 amide bonds. The van der Waals surface area contributed by atoms with Gasteiger partial charge in [-0.2, -0.15) is 0 Å². The van der Waals surface area contributed by atoms with Gasteiger partial charge < -0.3 is 10.2 Å². The van der Waals surface area contributed by atoms with E-state index in [9.17, 15) is 4.79 Å². The third-order valence-corrected chi connectivity index (χ3v) is 5.02. The molecule has 136 valence electrons. The summed E-state index contributed by atoms with van der Waals surface area (Å²) in [6.07, 6.45) is 2.99. The number of hydrogen-bond acceptors (Lipinski definition) is 2. The van der Waals surface area contributed by atoms with Crippen LogP contribution in [0.5, 0.6) is 0 Å². The van der Waals surface area contributed by atoms with Gasteiger partial charge in [0.15, 0.2) is 0 Å². The second-order valence-corrected chi connectivity index (χ2v) is 7.33. The molecule has 1 N–H and O–H groups in total. The Bertz CT molecular complexity index is 499. The number of carbonyl (C=O) groups excluding carboxylic acids is 1. The highest BCUT2D eigenvalue weighted by atomic mass is 35.5. The normalized spacial score (nSPS) is 19.0. The maximum atomic E-state index is 12.6. The first-order valence-electron chi connectivity index (χ1n) is 9.03. The molecule has 3 nitrogen and oxygen atoms in total. The van der Waals surface area contributed by atoms with Crippen LogP contribution in [0.1, 0.15) is 63.0 Å². The van der Waals surface area contributed by atoms with Gasteiger partial charge in [0.1, 0.15) is 0 Å². The quantitative estimate of drug-likeness (QED) is 0.832. The molecule has 1 heterocycles. The number of nitrogens with one attached hydrogen (secondary N) is 1. The lowest BCUT2D eigenvalue weighted by atomic mass is 9.93. The summed E-state index contributed by atoms with van der Waals surface area (Å²) in [4.78, 5) is 14.7. The van der Waals surface area contributed by atoms with Crippen LogP contribution < -0.4 is 5.32 Å². The molecule has 0 saturated carbocycles. The van der Waals surface area contributed by atoms with Crippen LogP contribution in [-0.2, 0) is 4.79 Å². The number of rotatable bonds is 6. The maximum Gasteiger partial charge on any atom is 0.223 e. The average Bonchev–Trinajstić information content (AvgIpc) is 2.55. The van der Waals surface area contributed by atoms with Crippen molar-refractivity contribution in [1.82, 2.24) is 10.2 Å². The van der Waals surface area contributed by atoms with Gasteiger partial charge in [-0.05, 0) is 55.3 Å². The van der Waals surface area contributed by atoms with E-state index >= 15 is 0 Å². The molecule has 1 fully saturated rings. The summed E-state index contributed by atoms with van der Waals surface area (Å²) >= 11 is 0. The Morgan fingerprint density at radius 2 is 1.83 bits per heavy atom. The fourth-order valence-corrected chi connectivity index (χ4v) is 3.47. The van der Waals surface area contributed by atoms with Gasteiger partial charge in [-0.25, -0.2) is 0 Å². The summed E-state index contributed by atoms with van der Waals surface area (Å²) in [5, 5.41) is 3.24. The van der Waals surface area contributed by atoms with Crippen molar-refractivity contribution in [3.63, 3.8) is 0 Å². The van der Waals surface area contributed by atoms with Gasteiger partial charge in [-0.1, -0.05) is 45.0 Å². The molecule has 1 aliphatic rings. The number of benzene rings is 1. The Hall–Kier alpha value is -1.06. The summed E-state index contributed by atoms with van der Waals surface area (Å²) < 4.78 is 0. The molecule has 0 bridgehead atoms. The minimum absolute atomic E-state index is 0. The smallest absolute Gasteiger partial charge is 0.223 e. The van der Waals surface area contributed by atoms with Crippen molar-refractivity contribution < 1.29 is 4.79 Å². The molecule has 0 aromatic heterocycles. The highest BCUT2D eigenvalue weighted by Crippen LogP contribution is 2.24. The minimum Gasteiger partial charge on any atom is -0.342 e. The van der Waals surface area contributed by atoms with Crippen LogP contribution in [0, 0.1) is 5.92 Å². The Labute approximate surface area is 153 Å². The molecular weight excluding hydrogens is 320 g/mol. The minimum atomic E-state index is 0. The van der Waals surface area contributed by atoms with E-state index < -0.39 is 0 Å². The highest BCUT2D eigenvalue weighted by molar-refractivity contribution is 5.85. The van der Waals surface area contributed by atoms with Gasteiger partial charge in [0.05, 0.1) is 0 Å². The van der Waals surface area contributed by atoms with E-state index in [1.807, 2.05) is 7.05 Å². The summed E-state index contributed by atoms with van der Waals surface area (Å²) in [5.41, 5.74) is 2.63. The molecular formula is C20H33ClN2O. The largest absolute Gasteiger partial charge is 0.342 e. The van der Waals surface area contributed by atoms with E-state index in [1.165, 1.54) is 17.5 Å². The van der Waals surface area contributed by atoms with Crippen LogP contribution >= 0.6 is 12.4 Å². The van der Waals surface area contributed by atoms with Gasteiger partial charge in [-0.3, -0.25) is 4.79 Å². The van der Waals surface area contributed by atoms with E-state index in [-0.39, 0.29) is 18.3 Å². The molecule has 1 aliphatic heterocycles. The van der Waals surface area contributed by atoms with Crippen molar-refractivity contribution in [3.05, 3.63) is 35.4 Å². The lowest BCUT2D eigenvalue weighted by Crippen LogP contribution is -2.42. The van der Waals surface area contributed by atoms with Crippen LogP contribution in [0.25, 0.3) is 0 Å². The van der Waals surface area contributed by atoms with Gasteiger partial charge in [0, 0.05) is 19.5 Å². The van der Waals surface area contributed by atoms with E-state index in [0.29, 0.717) is 24.2 Å². The third-order valence-electron chi connectivity index (χ3n) is 5.02. The first-order valence-corrected chi connectivity index (χ1v) is 9.03. The fraction of sp³-hybridized carbons (Fsp3) is 0.650. The molecule has 2 atom stereocenters. The Kier molecular flexibility index (Phi) is 8.79. The van der Waals surface area contributed by atoms with Crippen LogP contribution in [0.15, 0.2) is 24.3 Å². The van der Waals surface area contributed by atoms with Crippen molar-refractivity contribution in [2.75, 3.05) is 26.7 Å². The topological polar surface area (TPSA) is 32.3 Å². The molecule has 4 heteroatoms. The number of nitrogens with zero attached hydrogens (tertiary/aromatic N) is 1. The molecule has 0 spiro atoms. The summed E-state index contributed by atoms with van der Waals surface area (Å²) in [6.45, 7) is 9.43. The predicted octanol–water partition coefficient (Wildman–Crippen LogP) is 4.18. The number of likely N-dealkylation sites (tertiary alicyclic amines) is 1. The van der Waals surface area contributed by atoms with Gasteiger partial charge >= 0.3 is 0 Å². The SMILES string of the molecule is CNCC1CCCN(C(=O)CC(C)c2ccc(C(C)C)cc2)C1.Cl. The van der Waals surface area contributed by atoms with E-state index in [0.717, 1.165) is 26.1 Å². The molecule has 2 rings (SSSR count). The molecule has 1 aromatic carbocycles. The van der Waals surface area contributed by atoms with Crippen molar-refractivity contribution in [1.29, 1.82) is 0 Å². The van der Waals surface area contributed by atoms with Crippen molar-refractivity contribution in [2.24, 2.45) is 5.92 Å². The predicted molar refractivity (Wildman–Crippen MR) is 104 cm³/mol. The van der Waals surface area contributed by atoms with Gasteiger partial charge in [0.2, 0.25) is 5.91 Å². The van der Waals surface area contributed by atoms with E-state index in [2.05, 4.69) is 55.3 Å². The molecule has 0 aliphatic carbocycles. The molecule has 0 radical (unpaired) electrons. The van der Waals surface area contributed by atoms with Crippen LogP contribution in [0.3, 0.4) is 0 Å². The number of halogens is 1. The average molecular weight is 353 g/mol. The van der Waals surface area contributed by atoms with Crippen LogP contribution in [0.2, 0.25) is 0 Å². The lowest BCUT2D eigenvalue weighted by molar-refractivity contribution is -0.133. The molecule has 2 unspecified atom stereocenters. The lowest BCUT2D eigenvalue weighted by Gasteiger charge is -2.33. The number of hydrogen-bond donors (Lipinski definition) is 1. The van der Waals surface area contributed by atoms with Crippen molar-refractivity contribution in [2.45, 2.75) is 51.9 Å². The summed E-state index contributed by atoms with van der Waals surface area (Å²) in [7, 11) is 1.99. The standard InChI is InChI=1S/C20H32N2O.ClH/c1-15(2)18-7-9-19(10-8-18)16(3)12-20(23)22-11-5-6-17(14-22)13-21-4;/h7-10,15-17,21H,5-6,11-14H2,1-4H3;1H. The molecule has 24 heavy (non-hydrogen) atoms. The maximum absolute atomic E-state index is 12.6. The third kappa shape index (κ3) is 5.78. The molecule has 1 aromatic rings. The van der Waals surface area contributed by atoms with Crippen LogP contribution in [0.4, 0.5) is 0 Å².